The van der Waals surface area contributed by atoms with Crippen LogP contribution in [0.25, 0.3) is 0 Å². The van der Waals surface area contributed by atoms with Gasteiger partial charge in [0, 0.05) is 16.3 Å². The van der Waals surface area contributed by atoms with Gasteiger partial charge in [-0.3, -0.25) is 0 Å². The molecule has 3 nitrogen and oxygen atoms in total. The zero-order chi connectivity index (χ0) is 14.1. The molecular weight excluding hydrogens is 290 g/mol. The fourth-order valence-corrected chi connectivity index (χ4v) is 3.05. The van der Waals surface area contributed by atoms with E-state index in [0.717, 1.165) is 30.5 Å². The lowest BCUT2D eigenvalue weighted by atomic mass is 10.0. The second-order valence-corrected chi connectivity index (χ2v) is 5.99. The maximum atomic E-state index is 6.32. The van der Waals surface area contributed by atoms with Crippen molar-refractivity contribution < 1.29 is 0 Å². The van der Waals surface area contributed by atoms with Crippen LogP contribution >= 0.6 is 23.8 Å². The van der Waals surface area contributed by atoms with E-state index in [1.54, 1.807) is 0 Å². The minimum Gasteiger partial charge on any atom is -0.389 e. The molecule has 0 radical (unpaired) electrons. The third-order valence-electron chi connectivity index (χ3n) is 3.79. The third-order valence-corrected chi connectivity index (χ3v) is 4.38. The lowest BCUT2D eigenvalue weighted by Gasteiger charge is -2.15. The van der Waals surface area contributed by atoms with E-state index >= 15 is 0 Å². The largest absolute Gasteiger partial charge is 0.389 e. The monoisotopic (exact) mass is 305 g/mol. The summed E-state index contributed by atoms with van der Waals surface area (Å²) in [6, 6.07) is 5.75. The van der Waals surface area contributed by atoms with Crippen molar-refractivity contribution in [1.29, 1.82) is 0 Å². The quantitative estimate of drug-likeness (QED) is 0.886. The van der Waals surface area contributed by atoms with Gasteiger partial charge in [0.05, 0.1) is 18.6 Å². The van der Waals surface area contributed by atoms with E-state index in [4.69, 9.17) is 29.6 Å². The Hall–Kier alpha value is -1.39. The molecule has 104 valence electrons. The minimum absolute atomic E-state index is 0.374. The topological polar surface area (TPSA) is 43.8 Å². The fraction of sp³-hybridized carbons (Fsp3) is 0.333. The predicted octanol–water partition coefficient (Wildman–Crippen LogP) is 3.10. The molecule has 0 aliphatic heterocycles. The van der Waals surface area contributed by atoms with Crippen LogP contribution in [0, 0.1) is 0 Å². The van der Waals surface area contributed by atoms with Gasteiger partial charge in [0.2, 0.25) is 0 Å². The molecular formula is C15H16ClN3S. The van der Waals surface area contributed by atoms with Crippen LogP contribution in [0.2, 0.25) is 5.02 Å². The Balaban J connectivity index is 1.88. The zero-order valence-corrected chi connectivity index (χ0v) is 12.7. The van der Waals surface area contributed by atoms with Crippen LogP contribution in [0.1, 0.15) is 35.4 Å². The van der Waals surface area contributed by atoms with Crippen molar-refractivity contribution in [2.24, 2.45) is 5.73 Å². The summed E-state index contributed by atoms with van der Waals surface area (Å²) in [5.74, 6) is 0. The average Bonchev–Trinajstić information content (AvgIpc) is 2.84. The fourth-order valence-electron chi connectivity index (χ4n) is 2.68. The Bertz CT molecular complexity index is 663. The molecule has 0 unspecified atom stereocenters. The molecule has 0 saturated heterocycles. The highest BCUT2D eigenvalue weighted by Crippen LogP contribution is 2.23. The molecule has 1 aliphatic carbocycles. The molecule has 1 aliphatic rings. The molecule has 20 heavy (non-hydrogen) atoms. The van der Waals surface area contributed by atoms with Crippen molar-refractivity contribution in [2.75, 3.05) is 0 Å². The number of fused-ring (bicyclic) bond motifs is 1. The summed E-state index contributed by atoms with van der Waals surface area (Å²) in [6.07, 6.45) is 6.61. The number of nitrogens with two attached hydrogens (primary N) is 1. The number of benzene rings is 1. The van der Waals surface area contributed by atoms with E-state index in [0.29, 0.717) is 10.0 Å². The molecule has 1 heterocycles. The summed E-state index contributed by atoms with van der Waals surface area (Å²) in [4.78, 5) is 4.88. The van der Waals surface area contributed by atoms with Gasteiger partial charge in [-0.1, -0.05) is 36.0 Å². The van der Waals surface area contributed by atoms with Crippen LogP contribution in [0.3, 0.4) is 0 Å². The summed E-state index contributed by atoms with van der Waals surface area (Å²) in [7, 11) is 0. The number of thiocarbonyl (C=S) groups is 1. The van der Waals surface area contributed by atoms with Crippen LogP contribution in [0.5, 0.6) is 0 Å². The first-order chi connectivity index (χ1) is 9.65. The van der Waals surface area contributed by atoms with Crippen molar-refractivity contribution >= 4 is 28.8 Å². The highest BCUT2D eigenvalue weighted by atomic mass is 35.5. The highest BCUT2D eigenvalue weighted by molar-refractivity contribution is 7.80. The Morgan fingerprint density at radius 2 is 2.15 bits per heavy atom. The smallest absolute Gasteiger partial charge is 0.104 e. The molecule has 0 saturated carbocycles. The number of imidazole rings is 1. The molecule has 5 heteroatoms. The van der Waals surface area contributed by atoms with E-state index in [9.17, 15) is 0 Å². The number of hydrogen-bond acceptors (Lipinski definition) is 2. The van der Waals surface area contributed by atoms with Gasteiger partial charge in [0.1, 0.15) is 4.99 Å². The van der Waals surface area contributed by atoms with E-state index in [-0.39, 0.29) is 0 Å². The Labute approximate surface area is 128 Å². The van der Waals surface area contributed by atoms with Gasteiger partial charge in [0.25, 0.3) is 0 Å². The van der Waals surface area contributed by atoms with Gasteiger partial charge in [-0.05, 0) is 37.3 Å². The SMILES string of the molecule is NC(=S)c1ccc(Cn2cnc3c2CCCC3)c(Cl)c1. The minimum atomic E-state index is 0.374. The Kier molecular flexibility index (Phi) is 3.76. The Morgan fingerprint density at radius 1 is 1.35 bits per heavy atom. The number of rotatable bonds is 3. The van der Waals surface area contributed by atoms with Gasteiger partial charge in [-0.25, -0.2) is 4.98 Å². The van der Waals surface area contributed by atoms with Crippen molar-refractivity contribution in [3.05, 3.63) is 52.1 Å². The average molecular weight is 306 g/mol. The number of aromatic nitrogens is 2. The molecule has 1 aromatic carbocycles. The van der Waals surface area contributed by atoms with Crippen molar-refractivity contribution in [1.82, 2.24) is 9.55 Å². The zero-order valence-electron chi connectivity index (χ0n) is 11.1. The van der Waals surface area contributed by atoms with Gasteiger partial charge in [-0.15, -0.1) is 0 Å². The van der Waals surface area contributed by atoms with Crippen LogP contribution in [0.4, 0.5) is 0 Å². The van der Waals surface area contributed by atoms with Crippen LogP contribution in [-0.2, 0) is 19.4 Å². The molecule has 2 N–H and O–H groups in total. The van der Waals surface area contributed by atoms with Crippen molar-refractivity contribution in [3.8, 4) is 0 Å². The van der Waals surface area contributed by atoms with Crippen molar-refractivity contribution in [3.63, 3.8) is 0 Å². The highest BCUT2D eigenvalue weighted by Gasteiger charge is 2.15. The van der Waals surface area contributed by atoms with Gasteiger partial charge in [-0.2, -0.15) is 0 Å². The first-order valence-corrected chi connectivity index (χ1v) is 7.55. The molecule has 2 aromatic rings. The number of aryl methyl sites for hydroxylation is 1. The molecule has 0 fully saturated rings. The summed E-state index contributed by atoms with van der Waals surface area (Å²) in [5.41, 5.74) is 10.1. The summed E-state index contributed by atoms with van der Waals surface area (Å²) < 4.78 is 2.20. The first kappa shape index (κ1) is 13.6. The van der Waals surface area contributed by atoms with Crippen LogP contribution < -0.4 is 5.73 Å². The van der Waals surface area contributed by atoms with Gasteiger partial charge >= 0.3 is 0 Å². The molecule has 1 aromatic heterocycles. The second kappa shape index (κ2) is 5.54. The maximum Gasteiger partial charge on any atom is 0.104 e. The first-order valence-electron chi connectivity index (χ1n) is 6.76. The lowest BCUT2D eigenvalue weighted by molar-refractivity contribution is 0.628. The summed E-state index contributed by atoms with van der Waals surface area (Å²) in [5, 5.41) is 0.702. The molecule has 0 amide bonds. The number of halogens is 1. The van der Waals surface area contributed by atoms with Gasteiger partial charge in [0.15, 0.2) is 0 Å². The van der Waals surface area contributed by atoms with E-state index in [1.165, 1.54) is 24.2 Å². The molecule has 0 spiro atoms. The van der Waals surface area contributed by atoms with Crippen molar-refractivity contribution in [2.45, 2.75) is 32.2 Å². The summed E-state index contributed by atoms with van der Waals surface area (Å²) in [6.45, 7) is 0.749. The number of hydrogen-bond donors (Lipinski definition) is 1. The van der Waals surface area contributed by atoms with E-state index in [1.807, 2.05) is 24.5 Å². The molecule has 0 atom stereocenters. The molecule has 0 bridgehead atoms. The van der Waals surface area contributed by atoms with Crippen LogP contribution in [0.15, 0.2) is 24.5 Å². The lowest BCUT2D eigenvalue weighted by Crippen LogP contribution is -2.11. The van der Waals surface area contributed by atoms with E-state index in [2.05, 4.69) is 9.55 Å². The number of nitrogens with zero attached hydrogens (tertiary/aromatic N) is 2. The Morgan fingerprint density at radius 3 is 2.90 bits per heavy atom. The third kappa shape index (κ3) is 2.58. The van der Waals surface area contributed by atoms with Gasteiger partial charge < -0.3 is 10.3 Å². The maximum absolute atomic E-state index is 6.32. The summed E-state index contributed by atoms with van der Waals surface area (Å²) >= 11 is 11.3. The molecule has 3 rings (SSSR count). The second-order valence-electron chi connectivity index (χ2n) is 5.14. The normalized spacial score (nSPS) is 14.1. The standard InChI is InChI=1S/C15H16ClN3S/c16-12-7-10(15(17)20)5-6-11(12)8-19-9-18-13-3-1-2-4-14(13)19/h5-7,9H,1-4,8H2,(H2,17,20). The van der Waals surface area contributed by atoms with Crippen LogP contribution in [-0.4, -0.2) is 14.5 Å². The van der Waals surface area contributed by atoms with E-state index < -0.39 is 0 Å². The predicted molar refractivity (Wildman–Crippen MR) is 85.3 cm³/mol.